The highest BCUT2D eigenvalue weighted by Gasteiger charge is 2.33. The first-order valence-electron chi connectivity index (χ1n) is 8.83. The van der Waals surface area contributed by atoms with Crippen molar-refractivity contribution in [2.24, 2.45) is 5.73 Å². The van der Waals surface area contributed by atoms with Crippen LogP contribution in [0.5, 0.6) is 0 Å². The van der Waals surface area contributed by atoms with Crippen LogP contribution in [0.3, 0.4) is 0 Å². The molecule has 1 fully saturated rings. The Bertz CT molecular complexity index is 1220. The fourth-order valence-corrected chi connectivity index (χ4v) is 4.67. The summed E-state index contributed by atoms with van der Waals surface area (Å²) in [5, 5.41) is 13.2. The van der Waals surface area contributed by atoms with E-state index in [0.29, 0.717) is 29.5 Å². The topological polar surface area (TPSA) is 140 Å². The van der Waals surface area contributed by atoms with E-state index in [0.717, 1.165) is 3.97 Å². The van der Waals surface area contributed by atoms with Crippen molar-refractivity contribution in [3.8, 4) is 6.07 Å². The molecule has 2 aromatic heterocycles. The SMILES string of the molecule is N#Cc1cnc2c(ccn2S(=O)(=O)c2ccccc2)c1NC1CC(OC(N)=O)C1. The molecule has 1 amide bonds. The second kappa shape index (κ2) is 7.10. The molecule has 1 aliphatic rings. The van der Waals surface area contributed by atoms with Crippen LogP contribution in [-0.4, -0.2) is 35.6 Å². The summed E-state index contributed by atoms with van der Waals surface area (Å²) in [5.74, 6) is 0. The summed E-state index contributed by atoms with van der Waals surface area (Å²) in [4.78, 5) is 15.2. The lowest BCUT2D eigenvalue weighted by atomic mass is 9.88. The molecule has 2 heterocycles. The summed E-state index contributed by atoms with van der Waals surface area (Å²) in [6, 6.07) is 11.7. The number of carbonyl (C=O) groups excluding carboxylic acids is 1. The molecule has 3 N–H and O–H groups in total. The lowest BCUT2D eigenvalue weighted by Crippen LogP contribution is -2.42. The third-order valence-electron chi connectivity index (χ3n) is 4.83. The van der Waals surface area contributed by atoms with E-state index in [1.54, 1.807) is 24.3 Å². The van der Waals surface area contributed by atoms with Crippen molar-refractivity contribution in [1.29, 1.82) is 5.26 Å². The Morgan fingerprint density at radius 2 is 2.00 bits per heavy atom. The molecular weight excluding hydrogens is 394 g/mol. The highest BCUT2D eigenvalue weighted by atomic mass is 32.2. The van der Waals surface area contributed by atoms with Crippen molar-refractivity contribution in [2.45, 2.75) is 29.9 Å². The number of nitrogens with two attached hydrogens (primary N) is 1. The standard InChI is InChI=1S/C19H17N5O4S/c20-10-12-11-22-18-16(17(12)23-13-8-14(9-13)28-19(21)25)6-7-24(18)29(26,27)15-4-2-1-3-5-15/h1-7,11,13-14H,8-9H2,(H2,21,25)(H,22,23). The number of nitrogens with zero attached hydrogens (tertiary/aromatic N) is 3. The van der Waals surface area contributed by atoms with Gasteiger partial charge in [0.15, 0.2) is 5.65 Å². The minimum Gasteiger partial charge on any atom is -0.446 e. The molecule has 0 aliphatic heterocycles. The lowest BCUT2D eigenvalue weighted by molar-refractivity contribution is 0.0518. The van der Waals surface area contributed by atoms with Crippen LogP contribution in [0.2, 0.25) is 0 Å². The molecule has 4 rings (SSSR count). The van der Waals surface area contributed by atoms with Crippen LogP contribution in [0, 0.1) is 11.3 Å². The first-order valence-corrected chi connectivity index (χ1v) is 10.3. The molecule has 0 radical (unpaired) electrons. The first-order chi connectivity index (χ1) is 13.9. The number of aromatic nitrogens is 2. The van der Waals surface area contributed by atoms with E-state index in [2.05, 4.69) is 16.4 Å². The zero-order valence-electron chi connectivity index (χ0n) is 15.1. The summed E-state index contributed by atoms with van der Waals surface area (Å²) in [6.07, 6.45) is 2.77. The van der Waals surface area contributed by atoms with E-state index in [1.807, 2.05) is 0 Å². The Labute approximate surface area is 166 Å². The normalized spacial score (nSPS) is 18.6. The van der Waals surface area contributed by atoms with E-state index in [4.69, 9.17) is 10.5 Å². The Hall–Kier alpha value is -3.58. The summed E-state index contributed by atoms with van der Waals surface area (Å²) >= 11 is 0. The number of primary amides is 1. The first kappa shape index (κ1) is 18.8. The van der Waals surface area contributed by atoms with E-state index >= 15 is 0 Å². The summed E-state index contributed by atoms with van der Waals surface area (Å²) in [6.45, 7) is 0. The quantitative estimate of drug-likeness (QED) is 0.655. The number of amides is 1. The number of rotatable bonds is 5. The van der Waals surface area contributed by atoms with Crippen LogP contribution in [0.25, 0.3) is 11.0 Å². The van der Waals surface area contributed by atoms with Gasteiger partial charge in [-0.1, -0.05) is 18.2 Å². The second-order valence-electron chi connectivity index (χ2n) is 6.70. The minimum absolute atomic E-state index is 0.0360. The van der Waals surface area contributed by atoms with Gasteiger partial charge in [0.05, 0.1) is 16.1 Å². The molecule has 9 nitrogen and oxygen atoms in total. The minimum atomic E-state index is -3.83. The highest BCUT2D eigenvalue weighted by Crippen LogP contribution is 2.33. The van der Waals surface area contributed by atoms with Crippen LogP contribution >= 0.6 is 0 Å². The van der Waals surface area contributed by atoms with Crippen LogP contribution in [0.1, 0.15) is 18.4 Å². The molecule has 10 heteroatoms. The van der Waals surface area contributed by atoms with Crippen LogP contribution in [-0.2, 0) is 14.8 Å². The number of ether oxygens (including phenoxy) is 1. The van der Waals surface area contributed by atoms with Crippen molar-refractivity contribution in [3.05, 3.63) is 54.4 Å². The predicted molar refractivity (Wildman–Crippen MR) is 105 cm³/mol. The van der Waals surface area contributed by atoms with Gasteiger partial charge in [-0.3, -0.25) is 0 Å². The van der Waals surface area contributed by atoms with Crippen LogP contribution in [0.15, 0.2) is 53.7 Å². The monoisotopic (exact) mass is 411 g/mol. The fourth-order valence-electron chi connectivity index (χ4n) is 3.35. The maximum Gasteiger partial charge on any atom is 0.404 e. The van der Waals surface area contributed by atoms with Gasteiger partial charge >= 0.3 is 6.09 Å². The van der Waals surface area contributed by atoms with Gasteiger partial charge in [-0.05, 0) is 18.2 Å². The number of nitriles is 1. The zero-order chi connectivity index (χ0) is 20.6. The maximum atomic E-state index is 13.0. The van der Waals surface area contributed by atoms with Crippen molar-refractivity contribution in [3.63, 3.8) is 0 Å². The van der Waals surface area contributed by atoms with Crippen molar-refractivity contribution in [1.82, 2.24) is 8.96 Å². The number of anilines is 1. The average molecular weight is 411 g/mol. The highest BCUT2D eigenvalue weighted by molar-refractivity contribution is 7.90. The molecule has 29 heavy (non-hydrogen) atoms. The van der Waals surface area contributed by atoms with Gasteiger partial charge in [-0.2, -0.15) is 5.26 Å². The molecule has 1 aliphatic carbocycles. The van der Waals surface area contributed by atoms with Crippen molar-refractivity contribution < 1.29 is 17.9 Å². The molecule has 148 valence electrons. The van der Waals surface area contributed by atoms with Crippen molar-refractivity contribution in [2.75, 3.05) is 5.32 Å². The second-order valence-corrected chi connectivity index (χ2v) is 8.51. The van der Waals surface area contributed by atoms with Gasteiger partial charge in [-0.15, -0.1) is 0 Å². The van der Waals surface area contributed by atoms with E-state index in [1.165, 1.54) is 24.5 Å². The third-order valence-corrected chi connectivity index (χ3v) is 6.51. The Morgan fingerprint density at radius 3 is 2.66 bits per heavy atom. The number of carbonyl (C=O) groups is 1. The number of nitrogens with one attached hydrogen (secondary N) is 1. The van der Waals surface area contributed by atoms with Gasteiger partial charge < -0.3 is 15.8 Å². The fraction of sp³-hybridized carbons (Fsp3) is 0.211. The molecule has 0 unspecified atom stereocenters. The summed E-state index contributed by atoms with van der Waals surface area (Å²) < 4.78 is 32.0. The predicted octanol–water partition coefficient (Wildman–Crippen LogP) is 2.18. The van der Waals surface area contributed by atoms with Gasteiger partial charge in [0.1, 0.15) is 12.2 Å². The average Bonchev–Trinajstić information content (AvgIpc) is 3.12. The number of benzene rings is 1. The van der Waals surface area contributed by atoms with E-state index in [-0.39, 0.29) is 22.7 Å². The van der Waals surface area contributed by atoms with Gasteiger partial charge in [0.25, 0.3) is 10.0 Å². The Kier molecular flexibility index (Phi) is 4.60. The molecule has 1 saturated carbocycles. The summed E-state index contributed by atoms with van der Waals surface area (Å²) in [5.41, 5.74) is 6.04. The van der Waals surface area contributed by atoms with Gasteiger partial charge in [0, 0.05) is 36.7 Å². The zero-order valence-corrected chi connectivity index (χ0v) is 16.0. The van der Waals surface area contributed by atoms with Gasteiger partial charge in [0.2, 0.25) is 0 Å². The molecular formula is C19H17N5O4S. The largest absolute Gasteiger partial charge is 0.446 e. The van der Waals surface area contributed by atoms with Crippen LogP contribution < -0.4 is 11.1 Å². The maximum absolute atomic E-state index is 13.0. The third kappa shape index (κ3) is 3.36. The van der Waals surface area contributed by atoms with Crippen molar-refractivity contribution >= 4 is 32.8 Å². The molecule has 0 atom stereocenters. The molecule has 0 bridgehead atoms. The Balaban J connectivity index is 1.69. The van der Waals surface area contributed by atoms with Crippen LogP contribution in [0.4, 0.5) is 10.5 Å². The number of fused-ring (bicyclic) bond motifs is 1. The molecule has 0 saturated heterocycles. The van der Waals surface area contributed by atoms with E-state index < -0.39 is 16.1 Å². The molecule has 3 aromatic rings. The van der Waals surface area contributed by atoms with E-state index in [9.17, 15) is 18.5 Å². The molecule has 0 spiro atoms. The number of hydrogen-bond donors (Lipinski definition) is 2. The van der Waals surface area contributed by atoms with Gasteiger partial charge in [-0.25, -0.2) is 22.2 Å². The smallest absolute Gasteiger partial charge is 0.404 e. The Morgan fingerprint density at radius 1 is 1.28 bits per heavy atom. The number of pyridine rings is 1. The lowest BCUT2D eigenvalue weighted by Gasteiger charge is -2.35. The molecule has 1 aromatic carbocycles. The number of hydrogen-bond acceptors (Lipinski definition) is 7. The summed E-state index contributed by atoms with van der Waals surface area (Å²) in [7, 11) is -3.83.